The summed E-state index contributed by atoms with van der Waals surface area (Å²) in [6.45, 7) is -0.302. The zero-order valence-corrected chi connectivity index (χ0v) is 14.4. The predicted molar refractivity (Wildman–Crippen MR) is 92.4 cm³/mol. The van der Waals surface area contributed by atoms with Gasteiger partial charge in [0.2, 0.25) is 0 Å². The number of benzene rings is 1. The molecule has 1 aliphatic carbocycles. The average Bonchev–Trinajstić information content (AvgIpc) is 2.98. The standard InChI is InChI=1S/C18H14F2N2O3S/c19-9-5-6-10(12(20)7-9)18(24)25-8-14-21-16(23)15-11-3-1-2-4-13(11)26-17(15)22-14/h5-7H,1-4,8H2,(H,21,22,23). The summed E-state index contributed by atoms with van der Waals surface area (Å²) in [5.74, 6) is -2.54. The summed E-state index contributed by atoms with van der Waals surface area (Å²) in [6, 6.07) is 2.60. The number of hydrogen-bond acceptors (Lipinski definition) is 5. The lowest BCUT2D eigenvalue weighted by molar-refractivity contribution is 0.0457. The molecule has 4 rings (SSSR count). The smallest absolute Gasteiger partial charge is 0.341 e. The third-order valence-corrected chi connectivity index (χ3v) is 5.55. The van der Waals surface area contributed by atoms with Crippen molar-refractivity contribution in [3.63, 3.8) is 0 Å². The number of ether oxygens (including phenoxy) is 1. The maximum atomic E-state index is 13.6. The van der Waals surface area contributed by atoms with Gasteiger partial charge < -0.3 is 9.72 Å². The van der Waals surface area contributed by atoms with Crippen molar-refractivity contribution < 1.29 is 18.3 Å². The van der Waals surface area contributed by atoms with Crippen LogP contribution < -0.4 is 5.56 Å². The minimum atomic E-state index is -1.00. The van der Waals surface area contributed by atoms with Gasteiger partial charge in [0.25, 0.3) is 5.56 Å². The Labute approximate surface area is 150 Å². The first-order chi connectivity index (χ1) is 12.5. The lowest BCUT2D eigenvalue weighted by Crippen LogP contribution is -2.15. The summed E-state index contributed by atoms with van der Waals surface area (Å²) < 4.78 is 31.5. The fourth-order valence-electron chi connectivity index (χ4n) is 3.14. The van der Waals surface area contributed by atoms with E-state index in [1.807, 2.05) is 0 Å². The highest BCUT2D eigenvalue weighted by Gasteiger charge is 2.20. The normalized spacial score (nSPS) is 13.6. The first kappa shape index (κ1) is 16.8. The van der Waals surface area contributed by atoms with Crippen molar-refractivity contribution in [3.05, 3.63) is 62.0 Å². The van der Waals surface area contributed by atoms with Crippen LogP contribution in [0.1, 0.15) is 39.5 Å². The van der Waals surface area contributed by atoms with Crippen LogP contribution in [-0.4, -0.2) is 15.9 Å². The van der Waals surface area contributed by atoms with Gasteiger partial charge in [-0.3, -0.25) is 4.79 Å². The second kappa shape index (κ2) is 6.60. The van der Waals surface area contributed by atoms with E-state index in [0.717, 1.165) is 43.4 Å². The number of carbonyl (C=O) groups is 1. The molecule has 3 aromatic rings. The fourth-order valence-corrected chi connectivity index (χ4v) is 4.42. The fraction of sp³-hybridized carbons (Fsp3) is 0.278. The Morgan fingerprint density at radius 1 is 1.27 bits per heavy atom. The number of nitrogens with one attached hydrogen (secondary N) is 1. The van der Waals surface area contributed by atoms with E-state index >= 15 is 0 Å². The predicted octanol–water partition coefficient (Wildman–Crippen LogP) is 3.50. The number of esters is 1. The maximum Gasteiger partial charge on any atom is 0.341 e. The molecule has 0 spiro atoms. The molecule has 8 heteroatoms. The lowest BCUT2D eigenvalue weighted by atomic mass is 9.97. The number of nitrogens with zero attached hydrogens (tertiary/aromatic N) is 1. The molecule has 0 saturated carbocycles. The second-order valence-electron chi connectivity index (χ2n) is 6.10. The Hall–Kier alpha value is -2.61. The van der Waals surface area contributed by atoms with Crippen LogP contribution in [-0.2, 0) is 24.2 Å². The molecule has 5 nitrogen and oxygen atoms in total. The molecular formula is C18H14F2N2O3S. The molecule has 1 aromatic carbocycles. The van der Waals surface area contributed by atoms with Gasteiger partial charge in [0.1, 0.15) is 28.9 Å². The molecule has 0 fully saturated rings. The number of fused-ring (bicyclic) bond motifs is 3. The first-order valence-corrected chi connectivity index (χ1v) is 9.00. The number of halogens is 2. The highest BCUT2D eigenvalue weighted by atomic mass is 32.1. The maximum absolute atomic E-state index is 13.6. The molecule has 0 aliphatic heterocycles. The third kappa shape index (κ3) is 3.01. The van der Waals surface area contributed by atoms with Crippen LogP contribution in [0.3, 0.4) is 0 Å². The molecular weight excluding hydrogens is 362 g/mol. The quantitative estimate of drug-likeness (QED) is 0.710. The summed E-state index contributed by atoms with van der Waals surface area (Å²) in [5.41, 5.74) is 0.441. The van der Waals surface area contributed by atoms with Gasteiger partial charge in [0, 0.05) is 10.9 Å². The number of H-pyrrole nitrogens is 1. The van der Waals surface area contributed by atoms with Crippen molar-refractivity contribution in [3.8, 4) is 0 Å². The van der Waals surface area contributed by atoms with E-state index in [9.17, 15) is 18.4 Å². The van der Waals surface area contributed by atoms with Crippen molar-refractivity contribution in [1.29, 1.82) is 0 Å². The van der Waals surface area contributed by atoms with E-state index in [4.69, 9.17) is 4.74 Å². The lowest BCUT2D eigenvalue weighted by Gasteiger charge is -2.09. The van der Waals surface area contributed by atoms with Crippen molar-refractivity contribution in [2.45, 2.75) is 32.3 Å². The summed E-state index contributed by atoms with van der Waals surface area (Å²) in [5, 5.41) is 0.615. The number of aromatic amines is 1. The Bertz CT molecular complexity index is 1070. The Kier molecular flexibility index (Phi) is 4.28. The van der Waals surface area contributed by atoms with Crippen molar-refractivity contribution in [2.75, 3.05) is 0 Å². The van der Waals surface area contributed by atoms with Crippen molar-refractivity contribution >= 4 is 27.5 Å². The summed E-state index contributed by atoms with van der Waals surface area (Å²) in [4.78, 5) is 33.2. The molecule has 1 aliphatic rings. The summed E-state index contributed by atoms with van der Waals surface area (Å²) >= 11 is 1.49. The highest BCUT2D eigenvalue weighted by molar-refractivity contribution is 7.18. The minimum absolute atomic E-state index is 0.192. The number of aromatic nitrogens is 2. The van der Waals surface area contributed by atoms with Gasteiger partial charge in [0.05, 0.1) is 10.9 Å². The second-order valence-corrected chi connectivity index (χ2v) is 7.19. The minimum Gasteiger partial charge on any atom is -0.454 e. The number of aryl methyl sites for hydroxylation is 2. The van der Waals surface area contributed by atoms with Gasteiger partial charge in [-0.25, -0.2) is 18.6 Å². The highest BCUT2D eigenvalue weighted by Crippen LogP contribution is 2.33. The summed E-state index contributed by atoms with van der Waals surface area (Å²) in [6.07, 6.45) is 3.98. The third-order valence-electron chi connectivity index (χ3n) is 4.37. The van der Waals surface area contributed by atoms with E-state index in [1.54, 1.807) is 0 Å². The van der Waals surface area contributed by atoms with Gasteiger partial charge >= 0.3 is 5.97 Å². The molecule has 0 saturated heterocycles. The van der Waals surface area contributed by atoms with Crippen LogP contribution in [0.25, 0.3) is 10.2 Å². The van der Waals surface area contributed by atoms with Gasteiger partial charge in [-0.1, -0.05) is 0 Å². The van der Waals surface area contributed by atoms with Gasteiger partial charge in [-0.15, -0.1) is 11.3 Å². The monoisotopic (exact) mass is 376 g/mol. The van der Waals surface area contributed by atoms with E-state index in [1.165, 1.54) is 16.2 Å². The number of rotatable bonds is 3. The zero-order valence-electron chi connectivity index (χ0n) is 13.6. The van der Waals surface area contributed by atoms with Crippen molar-refractivity contribution in [2.24, 2.45) is 0 Å². The molecule has 0 amide bonds. The Morgan fingerprint density at radius 2 is 2.08 bits per heavy atom. The molecule has 0 unspecified atom stereocenters. The van der Waals surface area contributed by atoms with E-state index in [0.29, 0.717) is 16.3 Å². The number of hydrogen-bond donors (Lipinski definition) is 1. The largest absolute Gasteiger partial charge is 0.454 e. The Morgan fingerprint density at radius 3 is 2.88 bits per heavy atom. The van der Waals surface area contributed by atoms with E-state index in [-0.39, 0.29) is 23.6 Å². The van der Waals surface area contributed by atoms with Crippen LogP contribution in [0.4, 0.5) is 8.78 Å². The number of thiophene rings is 1. The van der Waals surface area contributed by atoms with Crippen LogP contribution in [0.2, 0.25) is 0 Å². The number of carbonyl (C=O) groups excluding carboxylic acids is 1. The topological polar surface area (TPSA) is 72.0 Å². The SMILES string of the molecule is O=C(OCc1nc2sc3c(c2c(=O)[nH]1)CCCC3)c1ccc(F)cc1F. The molecule has 0 radical (unpaired) electrons. The van der Waals surface area contributed by atoms with Gasteiger partial charge in [0.15, 0.2) is 0 Å². The van der Waals surface area contributed by atoms with Gasteiger partial charge in [-0.05, 0) is 43.4 Å². The molecule has 0 bridgehead atoms. The average molecular weight is 376 g/mol. The van der Waals surface area contributed by atoms with Gasteiger partial charge in [-0.2, -0.15) is 0 Å². The van der Waals surface area contributed by atoms with Crippen LogP contribution >= 0.6 is 11.3 Å². The van der Waals surface area contributed by atoms with Crippen LogP contribution in [0.15, 0.2) is 23.0 Å². The van der Waals surface area contributed by atoms with E-state index in [2.05, 4.69) is 9.97 Å². The molecule has 26 heavy (non-hydrogen) atoms. The molecule has 1 N–H and O–H groups in total. The summed E-state index contributed by atoms with van der Waals surface area (Å²) in [7, 11) is 0. The van der Waals surface area contributed by atoms with Crippen LogP contribution in [0, 0.1) is 11.6 Å². The van der Waals surface area contributed by atoms with Crippen LogP contribution in [0.5, 0.6) is 0 Å². The molecule has 2 heterocycles. The first-order valence-electron chi connectivity index (χ1n) is 8.18. The zero-order chi connectivity index (χ0) is 18.3. The van der Waals surface area contributed by atoms with Crippen molar-refractivity contribution in [1.82, 2.24) is 9.97 Å². The molecule has 134 valence electrons. The Balaban J connectivity index is 1.58. The molecule has 2 aromatic heterocycles. The molecule has 0 atom stereocenters. The van der Waals surface area contributed by atoms with E-state index < -0.39 is 17.6 Å².